The fourth-order valence-corrected chi connectivity index (χ4v) is 17.5. The average molecular weight is 513 g/mol. The van der Waals surface area contributed by atoms with Crippen LogP contribution in [0.15, 0.2) is 113 Å². The van der Waals surface area contributed by atoms with Crippen LogP contribution in [0, 0.1) is 0 Å². The number of rotatable bonds is 5. The van der Waals surface area contributed by atoms with Crippen LogP contribution in [0.5, 0.6) is 0 Å². The third-order valence-corrected chi connectivity index (χ3v) is 18.0. The Hall–Kier alpha value is -1.35. The predicted octanol–water partition coefficient (Wildman–Crippen LogP) is -0.320. The fraction of sp³-hybridized carbons (Fsp3) is 0.214. The Kier molecular flexibility index (Phi) is 9.01. The smallest absolute Gasteiger partial charge is 1.00 e. The van der Waals surface area contributed by atoms with Gasteiger partial charge < -0.3 is 24.8 Å². The van der Waals surface area contributed by atoms with E-state index in [0.29, 0.717) is 0 Å². The molecule has 0 aliphatic heterocycles. The third-order valence-electron chi connectivity index (χ3n) is 7.37. The number of halogens is 2. The first-order valence-electron chi connectivity index (χ1n) is 10.7. The van der Waals surface area contributed by atoms with Crippen LogP contribution in [0.3, 0.4) is 0 Å². The maximum atomic E-state index is 2.52. The molecule has 0 saturated carbocycles. The summed E-state index contributed by atoms with van der Waals surface area (Å²) in [6.45, 7) is 9.55. The maximum Gasteiger partial charge on any atom is -1.00 e. The van der Waals surface area contributed by atoms with E-state index in [4.69, 9.17) is 0 Å². The molecule has 1 aliphatic carbocycles. The van der Waals surface area contributed by atoms with Crippen LogP contribution in [0.2, 0.25) is 8.57 Å². The standard InChI is InChI=1S/C27H27Si.CH3.2ClH.Ti/c1-20-21(2)23(4)27(22(20)3)28(24-14-8-5-9-15-24,25-16-10-6-11-17-25)26-18-12-7-13-19-26;;;;/h5-19H,1-4H3;1H3;2*1H;/q;;;;+2/p-2. The van der Waals surface area contributed by atoms with Crippen molar-refractivity contribution in [3.63, 3.8) is 0 Å². The minimum atomic E-state index is -2.41. The second-order valence-electron chi connectivity index (χ2n) is 8.35. The van der Waals surface area contributed by atoms with E-state index in [0.717, 1.165) is 0 Å². The monoisotopic (exact) mass is 512 g/mol. The summed E-state index contributed by atoms with van der Waals surface area (Å²) in [5.74, 6) is 0. The van der Waals surface area contributed by atoms with Crippen molar-refractivity contribution >= 4 is 23.6 Å². The fourth-order valence-electron chi connectivity index (χ4n) is 5.75. The molecule has 0 spiro atoms. The molecule has 0 amide bonds. The van der Waals surface area contributed by atoms with Crippen molar-refractivity contribution in [2.75, 3.05) is 0 Å². The van der Waals surface area contributed by atoms with Crippen molar-refractivity contribution in [1.82, 2.24) is 0 Å². The molecule has 0 nitrogen and oxygen atoms in total. The Morgan fingerprint density at radius 1 is 0.531 bits per heavy atom. The molecule has 3 aromatic carbocycles. The third kappa shape index (κ3) is 3.73. The summed E-state index contributed by atoms with van der Waals surface area (Å²) < 4.78 is 0.144. The van der Waals surface area contributed by atoms with Gasteiger partial charge in [-0.25, -0.2) is 0 Å². The minimum Gasteiger partial charge on any atom is -1.00 e. The zero-order valence-electron chi connectivity index (χ0n) is 19.4. The first-order valence-corrected chi connectivity index (χ1v) is 15.1. The molecular formula is C28H30Cl2SiTi. The SMILES string of the molecule is [CH3][Ti+2][C]1([Si](c2ccccc2)(c2ccccc2)c2ccccc2)C(C)=C(C)C(C)=C1C.[Cl-].[Cl-]. The van der Waals surface area contributed by atoms with Gasteiger partial charge in [0.2, 0.25) is 0 Å². The first kappa shape index (κ1) is 26.9. The normalized spacial score (nSPS) is 15.0. The summed E-state index contributed by atoms with van der Waals surface area (Å²) in [4.78, 5) is 0. The van der Waals surface area contributed by atoms with Gasteiger partial charge in [0.15, 0.2) is 0 Å². The summed E-state index contributed by atoms with van der Waals surface area (Å²) in [7, 11) is -2.41. The van der Waals surface area contributed by atoms with Crippen LogP contribution in [-0.4, -0.2) is 8.07 Å². The quantitative estimate of drug-likeness (QED) is 0.324. The van der Waals surface area contributed by atoms with E-state index in [1.807, 2.05) is 0 Å². The largest absolute Gasteiger partial charge is 1.00 e. The van der Waals surface area contributed by atoms with E-state index in [2.05, 4.69) is 124 Å². The molecule has 32 heavy (non-hydrogen) atoms. The van der Waals surface area contributed by atoms with E-state index in [1.54, 1.807) is 11.1 Å². The molecule has 0 heterocycles. The van der Waals surface area contributed by atoms with Gasteiger partial charge in [-0.3, -0.25) is 0 Å². The van der Waals surface area contributed by atoms with Gasteiger partial charge in [0.05, 0.1) is 0 Å². The molecule has 4 heteroatoms. The van der Waals surface area contributed by atoms with Gasteiger partial charge in [-0.1, -0.05) is 0 Å². The van der Waals surface area contributed by atoms with Gasteiger partial charge in [-0.15, -0.1) is 0 Å². The molecule has 0 radical (unpaired) electrons. The molecular weight excluding hydrogens is 483 g/mol. The van der Waals surface area contributed by atoms with E-state index >= 15 is 0 Å². The van der Waals surface area contributed by atoms with Crippen LogP contribution in [0.4, 0.5) is 0 Å². The van der Waals surface area contributed by atoms with Crippen molar-refractivity contribution in [2.24, 2.45) is 0 Å². The molecule has 0 aromatic heterocycles. The summed E-state index contributed by atoms with van der Waals surface area (Å²) in [6.07, 6.45) is 0. The molecule has 164 valence electrons. The summed E-state index contributed by atoms with van der Waals surface area (Å²) in [6, 6.07) is 34.3. The van der Waals surface area contributed by atoms with E-state index in [9.17, 15) is 0 Å². The van der Waals surface area contributed by atoms with Crippen molar-refractivity contribution < 1.29 is 44.0 Å². The molecule has 0 saturated heterocycles. The molecule has 0 bridgehead atoms. The second kappa shape index (κ2) is 10.7. The van der Waals surface area contributed by atoms with Crippen LogP contribution >= 0.6 is 0 Å². The van der Waals surface area contributed by atoms with Gasteiger partial charge in [0, 0.05) is 0 Å². The van der Waals surface area contributed by atoms with Crippen molar-refractivity contribution in [1.29, 1.82) is 0 Å². The zero-order valence-corrected chi connectivity index (χ0v) is 23.5. The van der Waals surface area contributed by atoms with Crippen molar-refractivity contribution in [3.8, 4) is 0 Å². The summed E-state index contributed by atoms with van der Waals surface area (Å²) >= 11 is -0.308. The number of hydrogen-bond donors (Lipinski definition) is 0. The predicted molar refractivity (Wildman–Crippen MR) is 129 cm³/mol. The Labute approximate surface area is 216 Å². The van der Waals surface area contributed by atoms with Crippen molar-refractivity contribution in [2.45, 2.75) is 36.3 Å². The Balaban J connectivity index is 0.00000181. The van der Waals surface area contributed by atoms with Crippen LogP contribution in [0.25, 0.3) is 0 Å². The van der Waals surface area contributed by atoms with Crippen molar-refractivity contribution in [3.05, 3.63) is 113 Å². The zero-order chi connectivity index (χ0) is 21.4. The topological polar surface area (TPSA) is 0 Å². The van der Waals surface area contributed by atoms with Gasteiger partial charge in [0.1, 0.15) is 0 Å². The summed E-state index contributed by atoms with van der Waals surface area (Å²) in [5, 5.41) is 7.09. The van der Waals surface area contributed by atoms with Gasteiger partial charge >= 0.3 is 192 Å². The molecule has 0 N–H and O–H groups in total. The Morgan fingerprint density at radius 3 is 1.06 bits per heavy atom. The van der Waals surface area contributed by atoms with Crippen LogP contribution in [0.1, 0.15) is 27.7 Å². The molecule has 0 unspecified atom stereocenters. The molecule has 4 rings (SSSR count). The molecule has 3 aromatic rings. The average Bonchev–Trinajstić information content (AvgIpc) is 2.98. The van der Waals surface area contributed by atoms with Gasteiger partial charge in [0.25, 0.3) is 0 Å². The molecule has 1 aliphatic rings. The van der Waals surface area contributed by atoms with E-state index in [-0.39, 0.29) is 47.3 Å². The van der Waals surface area contributed by atoms with Gasteiger partial charge in [-0.2, -0.15) is 0 Å². The number of benzene rings is 3. The maximum absolute atomic E-state index is 2.52. The van der Waals surface area contributed by atoms with E-state index in [1.165, 1.54) is 26.7 Å². The number of hydrogen-bond acceptors (Lipinski definition) is 0. The molecule has 0 atom stereocenters. The van der Waals surface area contributed by atoms with E-state index < -0.39 is 8.07 Å². The Bertz CT molecular complexity index is 985. The van der Waals surface area contributed by atoms with Crippen LogP contribution < -0.4 is 40.4 Å². The number of allylic oxidation sites excluding steroid dienone is 4. The minimum absolute atomic E-state index is 0. The molecule has 0 fully saturated rings. The van der Waals surface area contributed by atoms with Gasteiger partial charge in [-0.05, 0) is 0 Å². The first-order chi connectivity index (χ1) is 14.5. The van der Waals surface area contributed by atoms with Crippen LogP contribution in [-0.2, 0) is 19.2 Å². The Morgan fingerprint density at radius 2 is 0.812 bits per heavy atom. The summed E-state index contributed by atoms with van der Waals surface area (Å²) in [5.41, 5.74) is 6.25. The second-order valence-corrected chi connectivity index (χ2v) is 15.1.